The average molecular weight is 394 g/mol. The Morgan fingerprint density at radius 3 is 2.48 bits per heavy atom. The number of nitrogens with one attached hydrogen (secondary N) is 1. The Hall–Kier alpha value is -3.61. The second-order valence-electron chi connectivity index (χ2n) is 6.51. The van der Waals surface area contributed by atoms with Gasteiger partial charge in [0.05, 0.1) is 17.5 Å². The molecule has 3 aromatic rings. The van der Waals surface area contributed by atoms with Gasteiger partial charge >= 0.3 is 5.97 Å². The summed E-state index contributed by atoms with van der Waals surface area (Å²) in [5.74, 6) is -1.34. The molecule has 0 atom stereocenters. The number of carbonyl (C=O) groups excluding carboxylic acids is 3. The van der Waals surface area contributed by atoms with Gasteiger partial charge in [-0.3, -0.25) is 9.59 Å². The molecule has 0 fully saturated rings. The van der Waals surface area contributed by atoms with Gasteiger partial charge in [0.2, 0.25) is 5.78 Å². The second kappa shape index (κ2) is 8.60. The van der Waals surface area contributed by atoms with E-state index >= 15 is 0 Å². The molecular formula is C22H22N2O5. The number of carbonyl (C=O) groups is 3. The van der Waals surface area contributed by atoms with Crippen LogP contribution in [-0.4, -0.2) is 28.8 Å². The van der Waals surface area contributed by atoms with Crippen molar-refractivity contribution in [1.29, 1.82) is 0 Å². The molecule has 0 saturated heterocycles. The van der Waals surface area contributed by atoms with Gasteiger partial charge in [-0.2, -0.15) is 0 Å². The van der Waals surface area contributed by atoms with E-state index in [1.54, 1.807) is 30.3 Å². The average Bonchev–Trinajstić information content (AvgIpc) is 3.34. The quantitative estimate of drug-likeness (QED) is 0.483. The minimum atomic E-state index is -0.696. The molecule has 1 aromatic carbocycles. The van der Waals surface area contributed by atoms with Crippen molar-refractivity contribution >= 4 is 23.3 Å². The fourth-order valence-corrected chi connectivity index (χ4v) is 3.22. The molecule has 0 unspecified atom stereocenters. The summed E-state index contributed by atoms with van der Waals surface area (Å²) in [6, 6.07) is 11.3. The minimum absolute atomic E-state index is 0.120. The van der Waals surface area contributed by atoms with Crippen molar-refractivity contribution in [1.82, 2.24) is 4.57 Å². The number of furan rings is 1. The number of rotatable bonds is 7. The fraction of sp³-hybridized carbons (Fsp3) is 0.227. The van der Waals surface area contributed by atoms with E-state index in [9.17, 15) is 14.4 Å². The molecular weight excluding hydrogens is 372 g/mol. The number of hydrogen-bond donors (Lipinski definition) is 1. The van der Waals surface area contributed by atoms with Crippen LogP contribution in [0.2, 0.25) is 0 Å². The monoisotopic (exact) mass is 394 g/mol. The van der Waals surface area contributed by atoms with Crippen LogP contribution >= 0.6 is 0 Å². The van der Waals surface area contributed by atoms with E-state index in [1.807, 2.05) is 25.3 Å². The molecule has 7 nitrogen and oxygen atoms in total. The van der Waals surface area contributed by atoms with Crippen LogP contribution in [-0.2, 0) is 11.3 Å². The minimum Gasteiger partial charge on any atom is -0.459 e. The van der Waals surface area contributed by atoms with E-state index in [0.29, 0.717) is 5.56 Å². The van der Waals surface area contributed by atoms with Gasteiger partial charge in [-0.05, 0) is 51.1 Å². The zero-order valence-corrected chi connectivity index (χ0v) is 16.5. The summed E-state index contributed by atoms with van der Waals surface area (Å²) in [7, 11) is 0. The van der Waals surface area contributed by atoms with E-state index in [2.05, 4.69) is 5.32 Å². The van der Waals surface area contributed by atoms with Gasteiger partial charge in [0.1, 0.15) is 0 Å². The Labute approximate surface area is 168 Å². The highest BCUT2D eigenvalue weighted by Gasteiger charge is 2.20. The summed E-state index contributed by atoms with van der Waals surface area (Å²) < 4.78 is 12.3. The summed E-state index contributed by atoms with van der Waals surface area (Å²) in [6.07, 6.45) is 1.39. The predicted molar refractivity (Wildman–Crippen MR) is 107 cm³/mol. The number of ether oxygens (including phenoxy) is 1. The number of aryl methyl sites for hydroxylation is 1. The Balaban J connectivity index is 1.70. The molecule has 0 bridgehead atoms. The van der Waals surface area contributed by atoms with Gasteiger partial charge in [-0.1, -0.05) is 12.1 Å². The summed E-state index contributed by atoms with van der Waals surface area (Å²) >= 11 is 0. The molecule has 29 heavy (non-hydrogen) atoms. The molecule has 1 amide bonds. The largest absolute Gasteiger partial charge is 0.459 e. The van der Waals surface area contributed by atoms with Crippen LogP contribution in [0.4, 0.5) is 5.69 Å². The predicted octanol–water partition coefficient (Wildman–Crippen LogP) is 4.01. The lowest BCUT2D eigenvalue weighted by molar-refractivity contribution is 0.0475. The number of esters is 1. The van der Waals surface area contributed by atoms with Gasteiger partial charge in [0.25, 0.3) is 5.91 Å². The van der Waals surface area contributed by atoms with Crippen molar-refractivity contribution < 1.29 is 23.5 Å². The van der Waals surface area contributed by atoms with Gasteiger partial charge in [-0.25, -0.2) is 4.79 Å². The Morgan fingerprint density at radius 1 is 1.07 bits per heavy atom. The van der Waals surface area contributed by atoms with Crippen LogP contribution in [0.3, 0.4) is 0 Å². The lowest BCUT2D eigenvalue weighted by Gasteiger charge is -2.10. The molecule has 2 aromatic heterocycles. The first-order chi connectivity index (χ1) is 13.9. The third-order valence-electron chi connectivity index (χ3n) is 4.66. The van der Waals surface area contributed by atoms with E-state index in [1.165, 1.54) is 18.4 Å². The molecule has 150 valence electrons. The van der Waals surface area contributed by atoms with Crippen LogP contribution in [0, 0.1) is 13.8 Å². The van der Waals surface area contributed by atoms with Gasteiger partial charge in [-0.15, -0.1) is 0 Å². The summed E-state index contributed by atoms with van der Waals surface area (Å²) in [5, 5.41) is 2.62. The van der Waals surface area contributed by atoms with Gasteiger partial charge < -0.3 is 19.0 Å². The second-order valence-corrected chi connectivity index (χ2v) is 6.51. The number of benzene rings is 1. The third-order valence-corrected chi connectivity index (χ3v) is 4.66. The topological polar surface area (TPSA) is 90.5 Å². The maximum atomic E-state index is 12.5. The molecule has 0 saturated carbocycles. The standard InChI is InChI=1S/C22H22N2O5/c1-4-24-14(2)12-17(15(24)3)19(25)13-29-22(27)16-8-5-6-9-18(16)23-21(26)20-10-7-11-28-20/h5-12H,4,13H2,1-3H3,(H,23,26). The first-order valence-corrected chi connectivity index (χ1v) is 9.23. The Bertz CT molecular complexity index is 1050. The molecule has 0 radical (unpaired) electrons. The number of hydrogen-bond acceptors (Lipinski definition) is 5. The van der Waals surface area contributed by atoms with Gasteiger partial charge in [0, 0.05) is 23.5 Å². The van der Waals surface area contributed by atoms with E-state index < -0.39 is 11.9 Å². The lowest BCUT2D eigenvalue weighted by Crippen LogP contribution is -2.18. The highest BCUT2D eigenvalue weighted by molar-refractivity contribution is 6.07. The number of nitrogens with zero attached hydrogens (tertiary/aromatic N) is 1. The first kappa shape index (κ1) is 20.1. The van der Waals surface area contributed by atoms with Crippen molar-refractivity contribution in [2.24, 2.45) is 0 Å². The fourth-order valence-electron chi connectivity index (χ4n) is 3.22. The van der Waals surface area contributed by atoms with Crippen LogP contribution < -0.4 is 5.32 Å². The molecule has 0 aliphatic carbocycles. The highest BCUT2D eigenvalue weighted by Crippen LogP contribution is 2.19. The maximum Gasteiger partial charge on any atom is 0.340 e. The number of amides is 1. The van der Waals surface area contributed by atoms with E-state index in [4.69, 9.17) is 9.15 Å². The summed E-state index contributed by atoms with van der Waals surface area (Å²) in [5.41, 5.74) is 2.79. The normalized spacial score (nSPS) is 10.6. The molecule has 3 rings (SSSR count). The van der Waals surface area contributed by atoms with Crippen molar-refractivity contribution in [3.05, 3.63) is 77.0 Å². The van der Waals surface area contributed by atoms with E-state index in [-0.39, 0.29) is 29.4 Å². The number of aromatic nitrogens is 1. The number of anilines is 1. The van der Waals surface area contributed by atoms with E-state index in [0.717, 1.165) is 17.9 Å². The zero-order valence-electron chi connectivity index (χ0n) is 16.5. The first-order valence-electron chi connectivity index (χ1n) is 9.23. The summed E-state index contributed by atoms with van der Waals surface area (Å²) in [4.78, 5) is 37.2. The zero-order chi connectivity index (χ0) is 21.0. The number of Topliss-reactive ketones (excluding diaryl/α,β-unsaturated/α-hetero) is 1. The molecule has 7 heteroatoms. The Kier molecular flexibility index (Phi) is 5.97. The molecule has 0 aliphatic rings. The Morgan fingerprint density at radius 2 is 1.83 bits per heavy atom. The van der Waals surface area contributed by atoms with Gasteiger partial charge in [0.15, 0.2) is 12.4 Å². The number of ketones is 1. The lowest BCUT2D eigenvalue weighted by atomic mass is 10.1. The van der Waals surface area contributed by atoms with Crippen LogP contribution in [0.5, 0.6) is 0 Å². The van der Waals surface area contributed by atoms with Crippen LogP contribution in [0.15, 0.2) is 53.1 Å². The SMILES string of the molecule is CCn1c(C)cc(C(=O)COC(=O)c2ccccc2NC(=O)c2ccco2)c1C. The van der Waals surface area contributed by atoms with Crippen molar-refractivity contribution in [2.75, 3.05) is 11.9 Å². The van der Waals surface area contributed by atoms with Crippen molar-refractivity contribution in [3.63, 3.8) is 0 Å². The third kappa shape index (κ3) is 4.29. The maximum absolute atomic E-state index is 12.5. The van der Waals surface area contributed by atoms with Crippen molar-refractivity contribution in [3.8, 4) is 0 Å². The molecule has 0 aliphatic heterocycles. The number of para-hydroxylation sites is 1. The summed E-state index contributed by atoms with van der Waals surface area (Å²) in [6.45, 7) is 6.17. The molecule has 2 heterocycles. The van der Waals surface area contributed by atoms with Crippen LogP contribution in [0.25, 0.3) is 0 Å². The van der Waals surface area contributed by atoms with Crippen LogP contribution in [0.1, 0.15) is 49.6 Å². The highest BCUT2D eigenvalue weighted by atomic mass is 16.5. The van der Waals surface area contributed by atoms with Crippen molar-refractivity contribution in [2.45, 2.75) is 27.3 Å². The molecule has 1 N–H and O–H groups in total. The smallest absolute Gasteiger partial charge is 0.340 e. The molecule has 0 spiro atoms.